The van der Waals surface area contributed by atoms with Gasteiger partial charge in [0.2, 0.25) is 0 Å². The lowest BCUT2D eigenvalue weighted by Crippen LogP contribution is -2.47. The molecule has 0 aromatic heterocycles. The van der Waals surface area contributed by atoms with Crippen LogP contribution >= 0.6 is 0 Å². The monoisotopic (exact) mass is 338 g/mol. The number of halogens is 2. The maximum absolute atomic E-state index is 13.5. The predicted molar refractivity (Wildman–Crippen MR) is 83.5 cm³/mol. The Balaban J connectivity index is 1.90. The summed E-state index contributed by atoms with van der Waals surface area (Å²) in [6.07, 6.45) is 2.86. The first kappa shape index (κ1) is 16.8. The molecule has 7 heteroatoms. The number of nitrogens with zero attached hydrogens (tertiary/aromatic N) is 1. The van der Waals surface area contributed by atoms with E-state index in [-0.39, 0.29) is 16.9 Å². The van der Waals surface area contributed by atoms with E-state index in [0.29, 0.717) is 18.1 Å². The molecule has 1 aromatic rings. The molecule has 2 saturated carbocycles. The summed E-state index contributed by atoms with van der Waals surface area (Å²) < 4.78 is 26.7. The first-order valence-corrected chi connectivity index (χ1v) is 8.02. The molecule has 0 heterocycles. The minimum atomic E-state index is -1.34. The second-order valence-corrected chi connectivity index (χ2v) is 7.68. The number of nitro groups is 1. The van der Waals surface area contributed by atoms with Gasteiger partial charge in [-0.25, -0.2) is 8.78 Å². The van der Waals surface area contributed by atoms with Crippen molar-refractivity contribution >= 4 is 11.6 Å². The van der Waals surface area contributed by atoms with Gasteiger partial charge in [0, 0.05) is 6.04 Å². The standard InChI is InChI=1S/C17H20F2N2O3/c1-16(2)9-4-5-17(16,3)14(6-9)20-15(22)10-7-11(18)12(19)8-13(10)21(23)24/h7-9,14H,4-6H2,1-3H3,(H,20,22)/t9-,14+,17-/m0/s1. The molecular formula is C17H20F2N2O3. The number of carbonyl (C=O) groups excluding carboxylic acids is 1. The zero-order chi connectivity index (χ0) is 17.9. The van der Waals surface area contributed by atoms with Crippen molar-refractivity contribution in [2.75, 3.05) is 0 Å². The van der Waals surface area contributed by atoms with Crippen LogP contribution in [0.2, 0.25) is 0 Å². The minimum absolute atomic E-state index is 0.0604. The zero-order valence-corrected chi connectivity index (χ0v) is 13.9. The topological polar surface area (TPSA) is 72.2 Å². The van der Waals surface area contributed by atoms with Gasteiger partial charge in [-0.3, -0.25) is 14.9 Å². The van der Waals surface area contributed by atoms with Gasteiger partial charge in [0.25, 0.3) is 11.6 Å². The highest BCUT2D eigenvalue weighted by Crippen LogP contribution is 2.65. The van der Waals surface area contributed by atoms with Gasteiger partial charge in [0.1, 0.15) is 5.56 Å². The SMILES string of the molecule is CC1(C)[C@H]2CC[C@@]1(C)[C@H](NC(=O)c1cc(F)c(F)cc1[N+](=O)[O-])C2. The number of rotatable bonds is 3. The number of fused-ring (bicyclic) bond motifs is 2. The number of nitro benzene ring substituents is 1. The summed E-state index contributed by atoms with van der Waals surface area (Å²) in [5.74, 6) is -2.86. The van der Waals surface area contributed by atoms with Crippen molar-refractivity contribution in [1.29, 1.82) is 0 Å². The third-order valence-electron chi connectivity index (χ3n) is 6.58. The van der Waals surface area contributed by atoms with Gasteiger partial charge in [-0.2, -0.15) is 0 Å². The highest BCUT2D eigenvalue weighted by atomic mass is 19.2. The minimum Gasteiger partial charge on any atom is -0.349 e. The summed E-state index contributed by atoms with van der Waals surface area (Å²) in [6, 6.07) is 0.923. The Morgan fingerprint density at radius 1 is 1.29 bits per heavy atom. The van der Waals surface area contributed by atoms with Crippen LogP contribution < -0.4 is 5.32 Å². The Morgan fingerprint density at radius 3 is 2.42 bits per heavy atom. The quantitative estimate of drug-likeness (QED) is 0.673. The van der Waals surface area contributed by atoms with Gasteiger partial charge >= 0.3 is 0 Å². The van der Waals surface area contributed by atoms with Gasteiger partial charge in [-0.1, -0.05) is 20.8 Å². The summed E-state index contributed by atoms with van der Waals surface area (Å²) in [4.78, 5) is 22.7. The van der Waals surface area contributed by atoms with Crippen molar-refractivity contribution in [3.8, 4) is 0 Å². The van der Waals surface area contributed by atoms with E-state index < -0.39 is 33.7 Å². The molecule has 0 aliphatic heterocycles. The van der Waals surface area contributed by atoms with Gasteiger partial charge < -0.3 is 5.32 Å². The first-order chi connectivity index (χ1) is 11.1. The fourth-order valence-electron chi connectivity index (χ4n) is 4.53. The molecule has 2 fully saturated rings. The molecule has 1 aromatic carbocycles. The Hall–Kier alpha value is -2.05. The molecule has 24 heavy (non-hydrogen) atoms. The lowest BCUT2D eigenvalue weighted by molar-refractivity contribution is -0.385. The molecule has 5 nitrogen and oxygen atoms in total. The average molecular weight is 338 g/mol. The maximum atomic E-state index is 13.5. The van der Waals surface area contributed by atoms with Crippen LogP contribution in [0.15, 0.2) is 12.1 Å². The molecule has 2 bridgehead atoms. The first-order valence-electron chi connectivity index (χ1n) is 8.02. The zero-order valence-electron chi connectivity index (χ0n) is 13.9. The summed E-state index contributed by atoms with van der Waals surface area (Å²) in [5.41, 5.74) is -1.21. The molecule has 3 rings (SSSR count). The number of hydrogen-bond acceptors (Lipinski definition) is 3. The van der Waals surface area contributed by atoms with E-state index in [4.69, 9.17) is 0 Å². The molecule has 2 aliphatic rings. The molecule has 0 radical (unpaired) electrons. The van der Waals surface area contributed by atoms with E-state index in [9.17, 15) is 23.7 Å². The normalized spacial score (nSPS) is 30.4. The van der Waals surface area contributed by atoms with Crippen molar-refractivity contribution in [2.24, 2.45) is 16.7 Å². The second kappa shape index (κ2) is 5.22. The fraction of sp³-hybridized carbons (Fsp3) is 0.588. The number of hydrogen-bond donors (Lipinski definition) is 1. The van der Waals surface area contributed by atoms with Crippen molar-refractivity contribution in [1.82, 2.24) is 5.32 Å². The lowest BCUT2D eigenvalue weighted by atomic mass is 9.69. The molecule has 3 atom stereocenters. The van der Waals surface area contributed by atoms with Crippen LogP contribution in [-0.2, 0) is 0 Å². The second-order valence-electron chi connectivity index (χ2n) is 7.68. The van der Waals surface area contributed by atoms with Crippen LogP contribution in [0.25, 0.3) is 0 Å². The van der Waals surface area contributed by atoms with Crippen LogP contribution in [0.1, 0.15) is 50.4 Å². The highest BCUT2D eigenvalue weighted by Gasteiger charge is 2.61. The van der Waals surface area contributed by atoms with Crippen LogP contribution in [0.3, 0.4) is 0 Å². The molecule has 1 amide bonds. The molecule has 0 unspecified atom stereocenters. The van der Waals surface area contributed by atoms with Gasteiger partial charge in [0.05, 0.1) is 11.0 Å². The van der Waals surface area contributed by atoms with Crippen LogP contribution in [0.4, 0.5) is 14.5 Å². The van der Waals surface area contributed by atoms with E-state index in [0.717, 1.165) is 19.3 Å². The van der Waals surface area contributed by atoms with E-state index in [1.807, 2.05) is 0 Å². The molecule has 0 spiro atoms. The van der Waals surface area contributed by atoms with E-state index in [2.05, 4.69) is 26.1 Å². The lowest BCUT2D eigenvalue weighted by Gasteiger charge is -2.39. The van der Waals surface area contributed by atoms with Gasteiger partial charge in [-0.15, -0.1) is 0 Å². The van der Waals surface area contributed by atoms with Crippen molar-refractivity contribution in [3.05, 3.63) is 39.4 Å². The number of carbonyl (C=O) groups is 1. The fourth-order valence-corrected chi connectivity index (χ4v) is 4.53. The Kier molecular flexibility index (Phi) is 3.66. The van der Waals surface area contributed by atoms with Crippen LogP contribution in [-0.4, -0.2) is 16.9 Å². The van der Waals surface area contributed by atoms with Crippen molar-refractivity contribution < 1.29 is 18.5 Å². The molecule has 0 saturated heterocycles. The van der Waals surface area contributed by atoms with E-state index in [1.165, 1.54) is 0 Å². The Labute approximate surface area is 138 Å². The van der Waals surface area contributed by atoms with Crippen LogP contribution in [0, 0.1) is 38.5 Å². The molecular weight excluding hydrogens is 318 g/mol. The van der Waals surface area contributed by atoms with E-state index in [1.54, 1.807) is 0 Å². The van der Waals surface area contributed by atoms with Gasteiger partial charge in [0.15, 0.2) is 11.6 Å². The van der Waals surface area contributed by atoms with E-state index >= 15 is 0 Å². The number of nitrogens with one attached hydrogen (secondary N) is 1. The Bertz CT molecular complexity index is 735. The van der Waals surface area contributed by atoms with Crippen molar-refractivity contribution in [3.63, 3.8) is 0 Å². The summed E-state index contributed by atoms with van der Waals surface area (Å²) >= 11 is 0. The summed E-state index contributed by atoms with van der Waals surface area (Å²) in [7, 11) is 0. The maximum Gasteiger partial charge on any atom is 0.285 e. The summed E-state index contributed by atoms with van der Waals surface area (Å²) in [5, 5.41) is 13.9. The van der Waals surface area contributed by atoms with Crippen LogP contribution in [0.5, 0.6) is 0 Å². The average Bonchev–Trinajstić information content (AvgIpc) is 2.82. The largest absolute Gasteiger partial charge is 0.349 e. The van der Waals surface area contributed by atoms with Gasteiger partial charge in [-0.05, 0) is 42.1 Å². The third-order valence-corrected chi connectivity index (χ3v) is 6.58. The highest BCUT2D eigenvalue weighted by molar-refractivity contribution is 5.98. The summed E-state index contributed by atoms with van der Waals surface area (Å²) in [6.45, 7) is 6.47. The van der Waals surface area contributed by atoms with Crippen molar-refractivity contribution in [2.45, 2.75) is 46.1 Å². The molecule has 130 valence electrons. The molecule has 2 aliphatic carbocycles. The number of amides is 1. The molecule has 1 N–H and O–H groups in total. The predicted octanol–water partition coefficient (Wildman–Crippen LogP) is 3.82. The third kappa shape index (κ3) is 2.21. The smallest absolute Gasteiger partial charge is 0.285 e. The Morgan fingerprint density at radius 2 is 1.92 bits per heavy atom. The number of benzene rings is 1.